The smallest absolute Gasteiger partial charge is 0.221 e. The van der Waals surface area contributed by atoms with Gasteiger partial charge in [-0.3, -0.25) is 4.79 Å². The number of aliphatic hydroxyl groups excluding tert-OH is 1. The van der Waals surface area contributed by atoms with Gasteiger partial charge in [0, 0.05) is 27.1 Å². The molecule has 0 spiro atoms. The molecule has 0 aliphatic carbocycles. The SMILES string of the molecule is CNC(=O)CCNC(CO)COC. The second-order valence-electron chi connectivity index (χ2n) is 2.71. The highest BCUT2D eigenvalue weighted by molar-refractivity contribution is 5.75. The van der Waals surface area contributed by atoms with Crippen LogP contribution >= 0.6 is 0 Å². The number of ether oxygens (including phenoxy) is 1. The summed E-state index contributed by atoms with van der Waals surface area (Å²) >= 11 is 0. The Hall–Kier alpha value is -0.650. The Labute approximate surface area is 78.5 Å². The van der Waals surface area contributed by atoms with E-state index in [2.05, 4.69) is 10.6 Å². The van der Waals surface area contributed by atoms with Crippen LogP contribution < -0.4 is 10.6 Å². The minimum atomic E-state index is -0.0883. The van der Waals surface area contributed by atoms with E-state index in [1.54, 1.807) is 14.2 Å². The zero-order valence-electron chi connectivity index (χ0n) is 8.17. The molecule has 0 saturated heterocycles. The molecule has 0 radical (unpaired) electrons. The van der Waals surface area contributed by atoms with Crippen molar-refractivity contribution in [2.24, 2.45) is 0 Å². The van der Waals surface area contributed by atoms with Crippen molar-refractivity contribution >= 4 is 5.91 Å². The van der Waals surface area contributed by atoms with Crippen molar-refractivity contribution in [1.82, 2.24) is 10.6 Å². The first-order valence-corrected chi connectivity index (χ1v) is 4.28. The molecule has 1 amide bonds. The van der Waals surface area contributed by atoms with E-state index in [1.165, 1.54) is 0 Å². The standard InChI is InChI=1S/C8H18N2O3/c1-9-8(12)3-4-10-7(5-11)6-13-2/h7,10-11H,3-6H2,1-2H3,(H,9,12). The van der Waals surface area contributed by atoms with E-state index >= 15 is 0 Å². The van der Waals surface area contributed by atoms with Gasteiger partial charge in [-0.1, -0.05) is 0 Å². The van der Waals surface area contributed by atoms with Gasteiger partial charge >= 0.3 is 0 Å². The molecule has 3 N–H and O–H groups in total. The number of aliphatic hydroxyl groups is 1. The van der Waals surface area contributed by atoms with Crippen LogP contribution in [0, 0.1) is 0 Å². The van der Waals surface area contributed by atoms with Crippen LogP contribution in [0.2, 0.25) is 0 Å². The highest BCUT2D eigenvalue weighted by Crippen LogP contribution is 1.84. The van der Waals surface area contributed by atoms with Crippen LogP contribution in [0.3, 0.4) is 0 Å². The molecule has 0 bridgehead atoms. The Morgan fingerprint density at radius 1 is 1.62 bits per heavy atom. The molecule has 5 heteroatoms. The van der Waals surface area contributed by atoms with Crippen molar-refractivity contribution in [3.05, 3.63) is 0 Å². The molecule has 0 aromatic rings. The van der Waals surface area contributed by atoms with E-state index in [-0.39, 0.29) is 18.6 Å². The molecule has 0 aliphatic heterocycles. The van der Waals surface area contributed by atoms with Crippen molar-refractivity contribution in [3.8, 4) is 0 Å². The molecule has 78 valence electrons. The van der Waals surface area contributed by atoms with Crippen molar-refractivity contribution in [2.75, 3.05) is 33.9 Å². The molecular weight excluding hydrogens is 172 g/mol. The highest BCUT2D eigenvalue weighted by Gasteiger charge is 2.06. The van der Waals surface area contributed by atoms with Gasteiger partial charge in [-0.05, 0) is 0 Å². The van der Waals surface area contributed by atoms with Crippen LogP contribution in [0.25, 0.3) is 0 Å². The quantitative estimate of drug-likeness (QED) is 0.467. The van der Waals surface area contributed by atoms with E-state index < -0.39 is 0 Å². The predicted octanol–water partition coefficient (Wildman–Crippen LogP) is -1.28. The fourth-order valence-electron chi connectivity index (χ4n) is 0.892. The first-order valence-electron chi connectivity index (χ1n) is 4.28. The van der Waals surface area contributed by atoms with Crippen molar-refractivity contribution in [1.29, 1.82) is 0 Å². The molecule has 13 heavy (non-hydrogen) atoms. The molecule has 0 aromatic heterocycles. The van der Waals surface area contributed by atoms with Gasteiger partial charge in [-0.25, -0.2) is 0 Å². The van der Waals surface area contributed by atoms with Crippen LogP contribution in [0.5, 0.6) is 0 Å². The van der Waals surface area contributed by atoms with Gasteiger partial charge in [-0.15, -0.1) is 0 Å². The van der Waals surface area contributed by atoms with E-state index in [9.17, 15) is 4.79 Å². The van der Waals surface area contributed by atoms with Crippen LogP contribution in [-0.2, 0) is 9.53 Å². The summed E-state index contributed by atoms with van der Waals surface area (Å²) < 4.78 is 4.86. The van der Waals surface area contributed by atoms with E-state index in [0.717, 1.165) is 0 Å². The Balaban J connectivity index is 3.42. The van der Waals surface area contributed by atoms with Crippen LogP contribution in [-0.4, -0.2) is 51.0 Å². The summed E-state index contributed by atoms with van der Waals surface area (Å²) in [6.07, 6.45) is 0.413. The fraction of sp³-hybridized carbons (Fsp3) is 0.875. The third-order valence-corrected chi connectivity index (χ3v) is 1.65. The Kier molecular flexibility index (Phi) is 7.57. The lowest BCUT2D eigenvalue weighted by atomic mass is 10.3. The average molecular weight is 190 g/mol. The number of amides is 1. The fourth-order valence-corrected chi connectivity index (χ4v) is 0.892. The summed E-state index contributed by atoms with van der Waals surface area (Å²) in [4.78, 5) is 10.8. The number of carbonyl (C=O) groups excluding carboxylic acids is 1. The van der Waals surface area contributed by atoms with Gasteiger partial charge in [0.2, 0.25) is 5.91 Å². The maximum Gasteiger partial charge on any atom is 0.221 e. The number of carbonyl (C=O) groups is 1. The Bertz CT molecular complexity index is 141. The zero-order valence-corrected chi connectivity index (χ0v) is 8.17. The largest absolute Gasteiger partial charge is 0.395 e. The lowest BCUT2D eigenvalue weighted by Gasteiger charge is -2.14. The summed E-state index contributed by atoms with van der Waals surface area (Å²) in [5.41, 5.74) is 0. The maximum absolute atomic E-state index is 10.8. The molecule has 1 atom stereocenters. The zero-order chi connectivity index (χ0) is 10.1. The van der Waals surface area contributed by atoms with Crippen molar-refractivity contribution in [3.63, 3.8) is 0 Å². The first-order chi connectivity index (χ1) is 6.24. The van der Waals surface area contributed by atoms with E-state index in [0.29, 0.717) is 19.6 Å². The lowest BCUT2D eigenvalue weighted by molar-refractivity contribution is -0.120. The van der Waals surface area contributed by atoms with Crippen LogP contribution in [0.4, 0.5) is 0 Å². The van der Waals surface area contributed by atoms with E-state index in [1.807, 2.05) is 0 Å². The molecule has 0 rings (SSSR count). The molecule has 0 heterocycles. The third-order valence-electron chi connectivity index (χ3n) is 1.65. The van der Waals surface area contributed by atoms with Gasteiger partial charge in [0.05, 0.1) is 19.3 Å². The molecule has 0 saturated carbocycles. The Morgan fingerprint density at radius 2 is 2.31 bits per heavy atom. The average Bonchev–Trinajstić information content (AvgIpc) is 2.16. The molecule has 0 fully saturated rings. The number of methoxy groups -OCH3 is 1. The number of hydrogen-bond acceptors (Lipinski definition) is 4. The summed E-state index contributed by atoms with van der Waals surface area (Å²) in [7, 11) is 3.17. The number of nitrogens with one attached hydrogen (secondary N) is 2. The van der Waals surface area contributed by atoms with Gasteiger partial charge in [0.1, 0.15) is 0 Å². The summed E-state index contributed by atoms with van der Waals surface area (Å²) in [6.45, 7) is 1.01. The summed E-state index contributed by atoms with van der Waals surface area (Å²) in [6, 6.07) is -0.0883. The van der Waals surface area contributed by atoms with Crippen LogP contribution in [0.1, 0.15) is 6.42 Å². The minimum Gasteiger partial charge on any atom is -0.395 e. The van der Waals surface area contributed by atoms with Crippen LogP contribution in [0.15, 0.2) is 0 Å². The molecule has 0 aliphatic rings. The van der Waals surface area contributed by atoms with E-state index in [4.69, 9.17) is 9.84 Å². The predicted molar refractivity (Wildman–Crippen MR) is 49.4 cm³/mol. The van der Waals surface area contributed by atoms with Gasteiger partial charge in [0.25, 0.3) is 0 Å². The molecule has 5 nitrogen and oxygen atoms in total. The summed E-state index contributed by atoms with van der Waals surface area (Å²) in [5.74, 6) is -0.0124. The second-order valence-corrected chi connectivity index (χ2v) is 2.71. The minimum absolute atomic E-state index is 0.0124. The normalized spacial score (nSPS) is 12.5. The maximum atomic E-state index is 10.8. The summed E-state index contributed by atoms with van der Waals surface area (Å²) in [5, 5.41) is 14.4. The lowest BCUT2D eigenvalue weighted by Crippen LogP contribution is -2.38. The molecule has 1 unspecified atom stereocenters. The van der Waals surface area contributed by atoms with Gasteiger partial charge in [0.15, 0.2) is 0 Å². The third kappa shape index (κ3) is 6.51. The van der Waals surface area contributed by atoms with Gasteiger partial charge < -0.3 is 20.5 Å². The van der Waals surface area contributed by atoms with Gasteiger partial charge in [-0.2, -0.15) is 0 Å². The molecule has 0 aromatic carbocycles. The number of rotatable bonds is 7. The molecular formula is C8H18N2O3. The number of hydrogen-bond donors (Lipinski definition) is 3. The highest BCUT2D eigenvalue weighted by atomic mass is 16.5. The Morgan fingerprint density at radius 3 is 2.77 bits per heavy atom. The van der Waals surface area contributed by atoms with Crippen molar-refractivity contribution in [2.45, 2.75) is 12.5 Å². The second kappa shape index (κ2) is 7.97. The van der Waals surface area contributed by atoms with Crippen molar-refractivity contribution < 1.29 is 14.6 Å². The topological polar surface area (TPSA) is 70.6 Å². The monoisotopic (exact) mass is 190 g/mol. The first kappa shape index (κ1) is 12.3.